The number of carbonyl (C=O) groups is 1. The fourth-order valence-electron chi connectivity index (χ4n) is 2.25. The number of ether oxygens (including phenoxy) is 2. The van der Waals surface area contributed by atoms with Crippen LogP contribution in [0.1, 0.15) is 49.4 Å². The fraction of sp³-hybridized carbons (Fsp3) is 0.562. The predicted molar refractivity (Wildman–Crippen MR) is 74.8 cm³/mol. The van der Waals surface area contributed by atoms with Gasteiger partial charge in [-0.25, -0.2) is 0 Å². The highest BCUT2D eigenvalue weighted by molar-refractivity contribution is 5.96. The van der Waals surface area contributed by atoms with Crippen molar-refractivity contribution in [2.24, 2.45) is 0 Å². The molecule has 0 aliphatic carbocycles. The van der Waals surface area contributed by atoms with E-state index in [1.54, 1.807) is 0 Å². The van der Waals surface area contributed by atoms with Crippen LogP contribution in [0.4, 0.5) is 0 Å². The first kappa shape index (κ1) is 14.1. The molecule has 1 fully saturated rings. The molecule has 1 aliphatic rings. The van der Waals surface area contributed by atoms with Crippen molar-refractivity contribution in [1.82, 2.24) is 0 Å². The van der Waals surface area contributed by atoms with E-state index in [9.17, 15) is 4.79 Å². The van der Waals surface area contributed by atoms with Gasteiger partial charge in [-0.05, 0) is 49.9 Å². The van der Waals surface area contributed by atoms with Gasteiger partial charge in [-0.15, -0.1) is 0 Å². The molecule has 19 heavy (non-hydrogen) atoms. The average molecular weight is 262 g/mol. The van der Waals surface area contributed by atoms with E-state index in [0.29, 0.717) is 13.0 Å². The molecule has 1 unspecified atom stereocenters. The number of benzene rings is 1. The van der Waals surface area contributed by atoms with Crippen molar-refractivity contribution in [2.75, 3.05) is 13.2 Å². The lowest BCUT2D eigenvalue weighted by molar-refractivity contribution is 0.0129. The molecule has 0 N–H and O–H groups in total. The number of ketones is 1. The normalized spacial score (nSPS) is 19.1. The molecule has 0 saturated carbocycles. The molecule has 1 heterocycles. The van der Waals surface area contributed by atoms with E-state index in [-0.39, 0.29) is 11.9 Å². The minimum Gasteiger partial charge on any atom is -0.494 e. The van der Waals surface area contributed by atoms with Crippen molar-refractivity contribution in [1.29, 1.82) is 0 Å². The zero-order chi connectivity index (χ0) is 13.5. The highest BCUT2D eigenvalue weighted by atomic mass is 16.5. The first-order valence-electron chi connectivity index (χ1n) is 7.17. The van der Waals surface area contributed by atoms with Crippen LogP contribution in [0, 0.1) is 0 Å². The lowest BCUT2D eigenvalue weighted by atomic mass is 10.00. The van der Waals surface area contributed by atoms with E-state index >= 15 is 0 Å². The van der Waals surface area contributed by atoms with Gasteiger partial charge in [0.2, 0.25) is 0 Å². The van der Waals surface area contributed by atoms with Crippen molar-refractivity contribution >= 4 is 5.78 Å². The molecule has 0 aromatic heterocycles. The molecule has 1 aromatic rings. The van der Waals surface area contributed by atoms with Crippen LogP contribution in [0.5, 0.6) is 5.75 Å². The first-order valence-corrected chi connectivity index (χ1v) is 7.17. The van der Waals surface area contributed by atoms with Crippen LogP contribution in [0.3, 0.4) is 0 Å². The van der Waals surface area contributed by atoms with Crippen LogP contribution in [0.25, 0.3) is 0 Å². The van der Waals surface area contributed by atoms with Crippen LogP contribution in [0.2, 0.25) is 0 Å². The Morgan fingerprint density at radius 3 is 2.74 bits per heavy atom. The number of Topliss-reactive ketones (excluding diaryl/α,β-unsaturated/α-hetero) is 1. The summed E-state index contributed by atoms with van der Waals surface area (Å²) in [5.74, 6) is 0.987. The van der Waals surface area contributed by atoms with Gasteiger partial charge in [0.25, 0.3) is 0 Å². The Kier molecular flexibility index (Phi) is 5.40. The summed E-state index contributed by atoms with van der Waals surface area (Å²) >= 11 is 0. The number of hydrogen-bond donors (Lipinski definition) is 0. The second-order valence-corrected chi connectivity index (χ2v) is 4.99. The summed E-state index contributed by atoms with van der Waals surface area (Å²) in [4.78, 5) is 12.1. The molecule has 1 aliphatic heterocycles. The maximum Gasteiger partial charge on any atom is 0.165 e. The van der Waals surface area contributed by atoms with Gasteiger partial charge >= 0.3 is 0 Å². The standard InChI is InChI=1S/C16H22O3/c1-2-10-18-14-8-6-13(7-9-14)16(17)12-15-5-3-4-11-19-15/h6-9,15H,2-5,10-12H2,1H3. The van der Waals surface area contributed by atoms with Gasteiger partial charge in [0.1, 0.15) is 5.75 Å². The summed E-state index contributed by atoms with van der Waals surface area (Å²) in [6.45, 7) is 3.58. The van der Waals surface area contributed by atoms with Gasteiger partial charge in [-0.1, -0.05) is 6.92 Å². The summed E-state index contributed by atoms with van der Waals surface area (Å²) in [5.41, 5.74) is 0.748. The summed E-state index contributed by atoms with van der Waals surface area (Å²) in [6, 6.07) is 7.42. The summed E-state index contributed by atoms with van der Waals surface area (Å²) in [7, 11) is 0. The smallest absolute Gasteiger partial charge is 0.165 e. The second kappa shape index (κ2) is 7.29. The van der Waals surface area contributed by atoms with E-state index < -0.39 is 0 Å². The molecule has 0 amide bonds. The molecule has 3 nitrogen and oxygen atoms in total. The van der Waals surface area contributed by atoms with E-state index in [1.807, 2.05) is 24.3 Å². The van der Waals surface area contributed by atoms with Crippen molar-refractivity contribution in [3.05, 3.63) is 29.8 Å². The molecule has 0 bridgehead atoms. The average Bonchev–Trinajstić information content (AvgIpc) is 2.46. The van der Waals surface area contributed by atoms with Gasteiger partial charge in [-0.3, -0.25) is 4.79 Å². The van der Waals surface area contributed by atoms with Crippen molar-refractivity contribution in [2.45, 2.75) is 45.1 Å². The van der Waals surface area contributed by atoms with Crippen LogP contribution in [-0.2, 0) is 4.74 Å². The Labute approximate surface area is 114 Å². The third-order valence-corrected chi connectivity index (χ3v) is 3.34. The SMILES string of the molecule is CCCOc1ccc(C(=O)CC2CCCCO2)cc1. The predicted octanol–water partition coefficient (Wildman–Crippen LogP) is 3.62. The number of carbonyl (C=O) groups excluding carboxylic acids is 1. The van der Waals surface area contributed by atoms with Gasteiger partial charge < -0.3 is 9.47 Å². The molecule has 1 atom stereocenters. The van der Waals surface area contributed by atoms with Gasteiger partial charge in [0.15, 0.2) is 5.78 Å². The topological polar surface area (TPSA) is 35.5 Å². The molecule has 0 radical (unpaired) electrons. The highest BCUT2D eigenvalue weighted by Gasteiger charge is 2.18. The summed E-state index contributed by atoms with van der Waals surface area (Å²) in [5, 5.41) is 0. The number of rotatable bonds is 6. The zero-order valence-corrected chi connectivity index (χ0v) is 11.6. The van der Waals surface area contributed by atoms with Crippen LogP contribution < -0.4 is 4.74 Å². The lowest BCUT2D eigenvalue weighted by Crippen LogP contribution is -2.22. The van der Waals surface area contributed by atoms with Crippen LogP contribution in [-0.4, -0.2) is 25.1 Å². The summed E-state index contributed by atoms with van der Waals surface area (Å²) < 4.78 is 11.1. The van der Waals surface area contributed by atoms with Gasteiger partial charge in [0, 0.05) is 18.6 Å². The Hall–Kier alpha value is -1.35. The Balaban J connectivity index is 1.87. The largest absolute Gasteiger partial charge is 0.494 e. The molecule has 1 saturated heterocycles. The number of hydrogen-bond acceptors (Lipinski definition) is 3. The highest BCUT2D eigenvalue weighted by Crippen LogP contribution is 2.19. The Bertz CT molecular complexity index is 391. The van der Waals surface area contributed by atoms with Gasteiger partial charge in [0.05, 0.1) is 12.7 Å². The molecular weight excluding hydrogens is 240 g/mol. The maximum atomic E-state index is 12.1. The van der Waals surface area contributed by atoms with Gasteiger partial charge in [-0.2, -0.15) is 0 Å². The molecule has 3 heteroatoms. The quantitative estimate of drug-likeness (QED) is 0.735. The third kappa shape index (κ3) is 4.35. The Morgan fingerprint density at radius 2 is 2.11 bits per heavy atom. The third-order valence-electron chi connectivity index (χ3n) is 3.34. The maximum absolute atomic E-state index is 12.1. The first-order chi connectivity index (χ1) is 9.29. The van der Waals surface area contributed by atoms with E-state index in [2.05, 4.69) is 6.92 Å². The summed E-state index contributed by atoms with van der Waals surface area (Å²) in [6.07, 6.45) is 4.88. The second-order valence-electron chi connectivity index (χ2n) is 4.99. The van der Waals surface area contributed by atoms with E-state index in [1.165, 1.54) is 6.42 Å². The van der Waals surface area contributed by atoms with E-state index in [0.717, 1.165) is 37.2 Å². The molecule has 104 valence electrons. The molecule has 2 rings (SSSR count). The van der Waals surface area contributed by atoms with E-state index in [4.69, 9.17) is 9.47 Å². The minimum absolute atomic E-state index is 0.109. The lowest BCUT2D eigenvalue weighted by Gasteiger charge is -2.21. The van der Waals surface area contributed by atoms with Crippen LogP contribution >= 0.6 is 0 Å². The molecule has 0 spiro atoms. The fourth-order valence-corrected chi connectivity index (χ4v) is 2.25. The zero-order valence-electron chi connectivity index (χ0n) is 11.6. The minimum atomic E-state index is 0.109. The molecule has 1 aromatic carbocycles. The van der Waals surface area contributed by atoms with Crippen molar-refractivity contribution in [3.63, 3.8) is 0 Å². The van der Waals surface area contributed by atoms with Crippen molar-refractivity contribution < 1.29 is 14.3 Å². The monoisotopic (exact) mass is 262 g/mol. The Morgan fingerprint density at radius 1 is 1.32 bits per heavy atom. The van der Waals surface area contributed by atoms with Crippen LogP contribution in [0.15, 0.2) is 24.3 Å². The molecular formula is C16H22O3. The van der Waals surface area contributed by atoms with Crippen molar-refractivity contribution in [3.8, 4) is 5.75 Å².